The van der Waals surface area contributed by atoms with E-state index in [1.54, 1.807) is 0 Å². The molecule has 0 aliphatic rings. The van der Waals surface area contributed by atoms with Crippen molar-refractivity contribution in [2.45, 2.75) is 32.5 Å². The van der Waals surface area contributed by atoms with Crippen molar-refractivity contribution in [2.75, 3.05) is 6.54 Å². The normalized spacial score (nSPS) is 14.1. The Hall–Kier alpha value is -0.120. The number of aliphatic hydroxyl groups is 2. The molecule has 3 nitrogen and oxygen atoms in total. The van der Waals surface area contributed by atoms with E-state index < -0.39 is 6.29 Å². The van der Waals surface area contributed by atoms with Crippen molar-refractivity contribution in [3.63, 3.8) is 0 Å². The van der Waals surface area contributed by atoms with Gasteiger partial charge in [0, 0.05) is 5.92 Å². The highest BCUT2D eigenvalue weighted by Crippen LogP contribution is 2.09. The number of aliphatic hydroxyl groups excluding tert-OH is 1. The van der Waals surface area contributed by atoms with Crippen LogP contribution in [0, 0.1) is 5.92 Å². The summed E-state index contributed by atoms with van der Waals surface area (Å²) in [7, 11) is 0. The molecule has 0 saturated carbocycles. The first-order valence-corrected chi connectivity index (χ1v) is 3.78. The fourth-order valence-electron chi connectivity index (χ4n) is 0.855. The number of hydrogen-bond donors (Lipinski definition) is 3. The molecule has 1 atom stereocenters. The molecule has 1 unspecified atom stereocenters. The molecule has 0 bridgehead atoms. The van der Waals surface area contributed by atoms with Gasteiger partial charge >= 0.3 is 0 Å². The summed E-state index contributed by atoms with van der Waals surface area (Å²) in [5.74, 6) is -0.139. The Morgan fingerprint density at radius 1 is 1.40 bits per heavy atom. The first-order valence-electron chi connectivity index (χ1n) is 3.78. The van der Waals surface area contributed by atoms with Gasteiger partial charge in [0.25, 0.3) is 0 Å². The largest absolute Gasteiger partial charge is 0.368 e. The molecule has 0 spiro atoms. The average molecular weight is 147 g/mol. The van der Waals surface area contributed by atoms with E-state index in [-0.39, 0.29) is 5.92 Å². The zero-order valence-corrected chi connectivity index (χ0v) is 6.45. The molecule has 10 heavy (non-hydrogen) atoms. The van der Waals surface area contributed by atoms with Gasteiger partial charge < -0.3 is 15.9 Å². The molecule has 0 aromatic carbocycles. The van der Waals surface area contributed by atoms with Gasteiger partial charge in [0.05, 0.1) is 0 Å². The first kappa shape index (κ1) is 9.88. The number of unbranched alkanes of at least 4 members (excludes halogenated alkanes) is 1. The molecule has 0 aliphatic carbocycles. The maximum absolute atomic E-state index is 8.71. The quantitative estimate of drug-likeness (QED) is 0.482. The third-order valence-corrected chi connectivity index (χ3v) is 1.65. The fourth-order valence-corrected chi connectivity index (χ4v) is 0.855. The van der Waals surface area contributed by atoms with Crippen LogP contribution in [0.25, 0.3) is 0 Å². The van der Waals surface area contributed by atoms with Crippen LogP contribution in [0.4, 0.5) is 0 Å². The highest BCUT2D eigenvalue weighted by Gasteiger charge is 2.12. The van der Waals surface area contributed by atoms with Crippen LogP contribution >= 0.6 is 0 Å². The summed E-state index contributed by atoms with van der Waals surface area (Å²) in [6, 6.07) is 0. The van der Waals surface area contributed by atoms with Gasteiger partial charge in [-0.15, -0.1) is 0 Å². The Balaban J connectivity index is 3.40. The van der Waals surface area contributed by atoms with Gasteiger partial charge in [-0.05, 0) is 13.0 Å². The molecule has 62 valence electrons. The van der Waals surface area contributed by atoms with Crippen molar-refractivity contribution in [3.8, 4) is 0 Å². The summed E-state index contributed by atoms with van der Waals surface area (Å²) in [6.07, 6.45) is 1.66. The van der Waals surface area contributed by atoms with Crippen molar-refractivity contribution in [1.29, 1.82) is 0 Å². The molecular weight excluding hydrogens is 130 g/mol. The Bertz CT molecular complexity index is 76.0. The molecule has 0 aromatic heterocycles. The SMILES string of the molecule is CCCCC(CN)C(O)O. The first-order chi connectivity index (χ1) is 4.72. The van der Waals surface area contributed by atoms with Crippen molar-refractivity contribution < 1.29 is 10.2 Å². The highest BCUT2D eigenvalue weighted by atomic mass is 16.5. The second-order valence-corrected chi connectivity index (χ2v) is 2.55. The molecule has 4 N–H and O–H groups in total. The summed E-state index contributed by atoms with van der Waals surface area (Å²) in [4.78, 5) is 0. The minimum atomic E-state index is -1.24. The lowest BCUT2D eigenvalue weighted by Gasteiger charge is -2.15. The third-order valence-electron chi connectivity index (χ3n) is 1.65. The van der Waals surface area contributed by atoms with E-state index in [4.69, 9.17) is 15.9 Å². The lowest BCUT2D eigenvalue weighted by molar-refractivity contribution is -0.0832. The fraction of sp³-hybridized carbons (Fsp3) is 1.00. The smallest absolute Gasteiger partial charge is 0.155 e. The van der Waals surface area contributed by atoms with Crippen LogP contribution in [0.15, 0.2) is 0 Å². The van der Waals surface area contributed by atoms with E-state index in [2.05, 4.69) is 6.92 Å². The van der Waals surface area contributed by atoms with Gasteiger partial charge in [-0.3, -0.25) is 0 Å². The van der Waals surface area contributed by atoms with Crippen molar-refractivity contribution in [3.05, 3.63) is 0 Å². The predicted molar refractivity (Wildman–Crippen MR) is 40.3 cm³/mol. The van der Waals surface area contributed by atoms with E-state index >= 15 is 0 Å². The lowest BCUT2D eigenvalue weighted by Crippen LogP contribution is -2.27. The van der Waals surface area contributed by atoms with E-state index in [9.17, 15) is 0 Å². The van der Waals surface area contributed by atoms with Gasteiger partial charge in [-0.1, -0.05) is 19.8 Å². The van der Waals surface area contributed by atoms with Crippen molar-refractivity contribution in [1.82, 2.24) is 0 Å². The van der Waals surface area contributed by atoms with Gasteiger partial charge in [-0.2, -0.15) is 0 Å². The molecule has 3 heteroatoms. The standard InChI is InChI=1S/C7H17NO2/c1-2-3-4-6(5-8)7(9)10/h6-7,9-10H,2-5,8H2,1H3. The maximum Gasteiger partial charge on any atom is 0.155 e. The van der Waals surface area contributed by atoms with Gasteiger partial charge in [-0.25, -0.2) is 0 Å². The Kier molecular flexibility index (Phi) is 5.58. The van der Waals surface area contributed by atoms with Crippen LogP contribution in [0.1, 0.15) is 26.2 Å². The zero-order chi connectivity index (χ0) is 7.98. The number of rotatable bonds is 5. The van der Waals surface area contributed by atoms with Crippen LogP contribution in [-0.4, -0.2) is 23.0 Å². The maximum atomic E-state index is 8.71. The van der Waals surface area contributed by atoms with Gasteiger partial charge in [0.2, 0.25) is 0 Å². The van der Waals surface area contributed by atoms with E-state index in [1.165, 1.54) is 0 Å². The zero-order valence-electron chi connectivity index (χ0n) is 6.45. The third kappa shape index (κ3) is 3.82. The summed E-state index contributed by atoms with van der Waals surface area (Å²) in [5, 5.41) is 17.4. The Labute approximate surface area is 61.9 Å². The van der Waals surface area contributed by atoms with Crippen LogP contribution in [0.5, 0.6) is 0 Å². The molecule has 0 fully saturated rings. The number of nitrogens with two attached hydrogens (primary N) is 1. The van der Waals surface area contributed by atoms with Crippen molar-refractivity contribution in [2.24, 2.45) is 11.7 Å². The summed E-state index contributed by atoms with van der Waals surface area (Å²) in [5.41, 5.74) is 5.29. The molecule has 0 aliphatic heterocycles. The summed E-state index contributed by atoms with van der Waals surface area (Å²) < 4.78 is 0. The molecule has 0 radical (unpaired) electrons. The van der Waals surface area contributed by atoms with E-state index in [1.807, 2.05) is 0 Å². The monoisotopic (exact) mass is 147 g/mol. The van der Waals surface area contributed by atoms with Crippen molar-refractivity contribution >= 4 is 0 Å². The molecule has 0 amide bonds. The molecule has 0 aromatic rings. The Morgan fingerprint density at radius 2 is 2.00 bits per heavy atom. The Morgan fingerprint density at radius 3 is 2.30 bits per heavy atom. The minimum Gasteiger partial charge on any atom is -0.368 e. The topological polar surface area (TPSA) is 66.5 Å². The predicted octanol–water partition coefficient (Wildman–Crippen LogP) is 0.0622. The summed E-state index contributed by atoms with van der Waals surface area (Å²) in [6.45, 7) is 2.43. The second-order valence-electron chi connectivity index (χ2n) is 2.55. The lowest BCUT2D eigenvalue weighted by atomic mass is 10.0. The summed E-state index contributed by atoms with van der Waals surface area (Å²) >= 11 is 0. The average Bonchev–Trinajstić information content (AvgIpc) is 1.89. The molecule has 0 heterocycles. The van der Waals surface area contributed by atoms with Crippen LogP contribution in [0.2, 0.25) is 0 Å². The second kappa shape index (κ2) is 5.65. The van der Waals surface area contributed by atoms with Crippen LogP contribution < -0.4 is 5.73 Å². The molecule has 0 saturated heterocycles. The highest BCUT2D eigenvalue weighted by molar-refractivity contribution is 4.60. The van der Waals surface area contributed by atoms with Crippen LogP contribution in [0.3, 0.4) is 0 Å². The van der Waals surface area contributed by atoms with Gasteiger partial charge in [0.15, 0.2) is 6.29 Å². The van der Waals surface area contributed by atoms with Gasteiger partial charge in [0.1, 0.15) is 0 Å². The molecule has 0 rings (SSSR count). The molecular formula is C7H17NO2. The van der Waals surface area contributed by atoms with E-state index in [0.717, 1.165) is 19.3 Å². The number of hydrogen-bond acceptors (Lipinski definition) is 3. The van der Waals surface area contributed by atoms with E-state index in [0.29, 0.717) is 6.54 Å². The van der Waals surface area contributed by atoms with Crippen LogP contribution in [-0.2, 0) is 0 Å². The minimum absolute atomic E-state index is 0.139.